The maximum atomic E-state index is 11.5. The van der Waals surface area contributed by atoms with E-state index in [0.717, 1.165) is 63.9 Å². The highest BCUT2D eigenvalue weighted by Gasteiger charge is 2.23. The molecule has 1 amide bonds. The fourth-order valence-corrected chi connectivity index (χ4v) is 3.12. The van der Waals surface area contributed by atoms with Crippen LogP contribution in [0.25, 0.3) is 0 Å². The summed E-state index contributed by atoms with van der Waals surface area (Å²) in [6.07, 6.45) is 3.60. The molecular weight excluding hydrogens is 318 g/mol. The van der Waals surface area contributed by atoms with E-state index in [1.807, 2.05) is 6.07 Å². The molecule has 0 radical (unpaired) electrons. The van der Waals surface area contributed by atoms with Gasteiger partial charge < -0.3 is 19.9 Å². The molecule has 126 valence electrons. The molecule has 3 rings (SSSR count). The topological polar surface area (TPSA) is 70.6 Å². The number of alkyl halides is 1. The molecule has 1 atom stereocenters. The van der Waals surface area contributed by atoms with Crippen LogP contribution in [-0.2, 0) is 9.53 Å². The second-order valence-corrected chi connectivity index (χ2v) is 6.09. The summed E-state index contributed by atoms with van der Waals surface area (Å²) in [5, 5.41) is 2.96. The lowest BCUT2D eigenvalue weighted by Gasteiger charge is -2.34. The van der Waals surface area contributed by atoms with Gasteiger partial charge in [-0.25, -0.2) is 9.97 Å². The van der Waals surface area contributed by atoms with E-state index >= 15 is 0 Å². The molecule has 0 bridgehead atoms. The second kappa shape index (κ2) is 7.79. The molecule has 0 aliphatic carbocycles. The zero-order valence-electron chi connectivity index (χ0n) is 13.1. The van der Waals surface area contributed by atoms with Crippen molar-refractivity contribution < 1.29 is 9.53 Å². The Morgan fingerprint density at radius 2 is 2.00 bits per heavy atom. The number of piperidine rings is 1. The first-order valence-corrected chi connectivity index (χ1v) is 8.55. The number of hydrogen-bond acceptors (Lipinski definition) is 6. The standard InChI is InChI=1S/C15H22ClN5O2/c16-9-15(22)19-12-2-1-3-21(10-12)14-8-13(17-11-18-14)20-4-6-23-7-5-20/h8,11-12H,1-7,9-10H2,(H,19,22). The third-order valence-electron chi connectivity index (χ3n) is 4.21. The summed E-state index contributed by atoms with van der Waals surface area (Å²) in [4.78, 5) is 24.7. The molecule has 0 spiro atoms. The second-order valence-electron chi connectivity index (χ2n) is 5.82. The van der Waals surface area contributed by atoms with Crippen LogP contribution in [0.2, 0.25) is 0 Å². The number of amides is 1. The molecule has 1 aromatic heterocycles. The van der Waals surface area contributed by atoms with Gasteiger partial charge in [-0.3, -0.25) is 4.79 Å². The summed E-state index contributed by atoms with van der Waals surface area (Å²) in [7, 11) is 0. The molecule has 2 aliphatic heterocycles. The maximum Gasteiger partial charge on any atom is 0.235 e. The Morgan fingerprint density at radius 3 is 2.74 bits per heavy atom. The van der Waals surface area contributed by atoms with Crippen molar-refractivity contribution >= 4 is 29.1 Å². The quantitative estimate of drug-likeness (QED) is 0.812. The fraction of sp³-hybridized carbons (Fsp3) is 0.667. The van der Waals surface area contributed by atoms with Crippen molar-refractivity contribution in [2.45, 2.75) is 18.9 Å². The van der Waals surface area contributed by atoms with E-state index in [1.54, 1.807) is 6.33 Å². The van der Waals surface area contributed by atoms with Crippen LogP contribution in [0.15, 0.2) is 12.4 Å². The minimum Gasteiger partial charge on any atom is -0.378 e. The summed E-state index contributed by atoms with van der Waals surface area (Å²) in [6, 6.07) is 2.15. The molecule has 0 saturated carbocycles. The van der Waals surface area contributed by atoms with Crippen LogP contribution in [0.4, 0.5) is 11.6 Å². The van der Waals surface area contributed by atoms with Crippen molar-refractivity contribution in [1.29, 1.82) is 0 Å². The Bertz CT molecular complexity index is 538. The molecule has 8 heteroatoms. The third-order valence-corrected chi connectivity index (χ3v) is 4.45. The van der Waals surface area contributed by atoms with Crippen molar-refractivity contribution in [3.05, 3.63) is 12.4 Å². The Hall–Kier alpha value is -1.60. The third kappa shape index (κ3) is 4.23. The smallest absolute Gasteiger partial charge is 0.235 e. The van der Waals surface area contributed by atoms with Crippen LogP contribution >= 0.6 is 11.6 Å². The molecule has 2 fully saturated rings. The van der Waals surface area contributed by atoms with Gasteiger partial charge in [-0.1, -0.05) is 0 Å². The largest absolute Gasteiger partial charge is 0.378 e. The number of ether oxygens (including phenoxy) is 1. The van der Waals surface area contributed by atoms with Gasteiger partial charge in [0.05, 0.1) is 13.2 Å². The first-order valence-electron chi connectivity index (χ1n) is 8.01. The summed E-state index contributed by atoms with van der Waals surface area (Å²) in [6.45, 7) is 4.86. The number of halogens is 1. The summed E-state index contributed by atoms with van der Waals surface area (Å²) in [5.74, 6) is 1.73. The number of hydrogen-bond donors (Lipinski definition) is 1. The van der Waals surface area contributed by atoms with Crippen molar-refractivity contribution in [3.8, 4) is 0 Å². The highest BCUT2D eigenvalue weighted by molar-refractivity contribution is 6.27. The van der Waals surface area contributed by atoms with E-state index in [0.29, 0.717) is 0 Å². The van der Waals surface area contributed by atoms with E-state index in [4.69, 9.17) is 16.3 Å². The van der Waals surface area contributed by atoms with Gasteiger partial charge in [0.2, 0.25) is 5.91 Å². The van der Waals surface area contributed by atoms with Gasteiger partial charge in [0.15, 0.2) is 0 Å². The predicted molar refractivity (Wildman–Crippen MR) is 89.2 cm³/mol. The summed E-state index contributed by atoms with van der Waals surface area (Å²) in [5.41, 5.74) is 0. The molecule has 23 heavy (non-hydrogen) atoms. The number of nitrogens with one attached hydrogen (secondary N) is 1. The van der Waals surface area contributed by atoms with Crippen molar-refractivity contribution in [1.82, 2.24) is 15.3 Å². The van der Waals surface area contributed by atoms with Crippen molar-refractivity contribution in [2.75, 3.05) is 55.1 Å². The minimum absolute atomic E-state index is 0.00514. The normalized spacial score (nSPS) is 22.0. The Morgan fingerprint density at radius 1 is 1.26 bits per heavy atom. The molecule has 2 saturated heterocycles. The monoisotopic (exact) mass is 339 g/mol. The van der Waals surface area contributed by atoms with E-state index in [-0.39, 0.29) is 17.8 Å². The zero-order valence-corrected chi connectivity index (χ0v) is 13.8. The Balaban J connectivity index is 1.67. The molecule has 2 aliphatic rings. The van der Waals surface area contributed by atoms with Crippen molar-refractivity contribution in [3.63, 3.8) is 0 Å². The molecule has 3 heterocycles. The first-order chi connectivity index (χ1) is 11.3. The number of nitrogens with zero attached hydrogens (tertiary/aromatic N) is 4. The summed E-state index contributed by atoms with van der Waals surface area (Å²) >= 11 is 5.57. The number of rotatable bonds is 4. The number of carbonyl (C=O) groups is 1. The molecule has 1 aromatic rings. The molecule has 7 nitrogen and oxygen atoms in total. The van der Waals surface area contributed by atoms with Crippen LogP contribution < -0.4 is 15.1 Å². The highest BCUT2D eigenvalue weighted by atomic mass is 35.5. The number of morpholine rings is 1. The highest BCUT2D eigenvalue weighted by Crippen LogP contribution is 2.22. The maximum absolute atomic E-state index is 11.5. The lowest BCUT2D eigenvalue weighted by Crippen LogP contribution is -2.48. The number of aromatic nitrogens is 2. The lowest BCUT2D eigenvalue weighted by atomic mass is 10.1. The van der Waals surface area contributed by atoms with Gasteiger partial charge >= 0.3 is 0 Å². The van der Waals surface area contributed by atoms with Gasteiger partial charge in [-0.2, -0.15) is 0 Å². The molecule has 1 unspecified atom stereocenters. The average molecular weight is 340 g/mol. The molecule has 1 N–H and O–H groups in total. The van der Waals surface area contributed by atoms with E-state index in [1.165, 1.54) is 0 Å². The van der Waals surface area contributed by atoms with Gasteiger partial charge in [0, 0.05) is 38.3 Å². The van der Waals surface area contributed by atoms with E-state index < -0.39 is 0 Å². The van der Waals surface area contributed by atoms with E-state index in [9.17, 15) is 4.79 Å². The number of anilines is 2. The summed E-state index contributed by atoms with van der Waals surface area (Å²) < 4.78 is 5.38. The zero-order chi connectivity index (χ0) is 16.1. The molecule has 0 aromatic carbocycles. The van der Waals surface area contributed by atoms with Gasteiger partial charge in [-0.15, -0.1) is 11.6 Å². The fourth-order valence-electron chi connectivity index (χ4n) is 3.04. The molecular formula is C15H22ClN5O2. The van der Waals surface area contributed by atoms with Gasteiger partial charge in [-0.05, 0) is 12.8 Å². The average Bonchev–Trinajstić information content (AvgIpc) is 2.63. The Labute approximate surface area is 141 Å². The predicted octanol–water partition coefficient (Wildman–Crippen LogP) is 0.637. The number of carbonyl (C=O) groups excluding carboxylic acids is 1. The van der Waals surface area contributed by atoms with Crippen LogP contribution in [0.3, 0.4) is 0 Å². The lowest BCUT2D eigenvalue weighted by molar-refractivity contribution is -0.119. The van der Waals surface area contributed by atoms with Crippen LogP contribution in [-0.4, -0.2) is 67.2 Å². The van der Waals surface area contributed by atoms with Gasteiger partial charge in [0.1, 0.15) is 23.8 Å². The Kier molecular flexibility index (Phi) is 5.51. The minimum atomic E-state index is -0.116. The first kappa shape index (κ1) is 16.3. The van der Waals surface area contributed by atoms with Gasteiger partial charge in [0.25, 0.3) is 0 Å². The van der Waals surface area contributed by atoms with Crippen LogP contribution in [0.5, 0.6) is 0 Å². The van der Waals surface area contributed by atoms with E-state index in [2.05, 4.69) is 25.1 Å². The van der Waals surface area contributed by atoms with Crippen molar-refractivity contribution in [2.24, 2.45) is 0 Å². The van der Waals surface area contributed by atoms with Crippen LogP contribution in [0, 0.1) is 0 Å². The SMILES string of the molecule is O=C(CCl)NC1CCCN(c2cc(N3CCOCC3)ncn2)C1. The van der Waals surface area contributed by atoms with Crippen LogP contribution in [0.1, 0.15) is 12.8 Å².